The second kappa shape index (κ2) is 3.36. The van der Waals surface area contributed by atoms with Gasteiger partial charge in [0.15, 0.2) is 0 Å². The molecule has 1 heterocycles. The number of hydrogen-bond donors (Lipinski definition) is 1. The molecule has 1 aliphatic rings. The molecule has 0 atom stereocenters. The minimum atomic E-state index is -0.255. The number of carbonyl (C=O) groups excluding carboxylic acids is 2. The molecule has 4 nitrogen and oxygen atoms in total. The van der Waals surface area contributed by atoms with Crippen molar-refractivity contribution in [2.45, 2.75) is 27.2 Å². The monoisotopic (exact) mass is 184 g/mol. The molecular formula is C9H16N2O2. The van der Waals surface area contributed by atoms with Gasteiger partial charge in [-0.3, -0.25) is 10.1 Å². The van der Waals surface area contributed by atoms with Crippen LogP contribution in [0.25, 0.3) is 0 Å². The van der Waals surface area contributed by atoms with E-state index in [1.54, 1.807) is 4.90 Å². The maximum absolute atomic E-state index is 11.1. The van der Waals surface area contributed by atoms with Gasteiger partial charge in [-0.15, -0.1) is 0 Å². The van der Waals surface area contributed by atoms with Crippen molar-refractivity contribution in [3.05, 3.63) is 0 Å². The molecule has 0 unspecified atom stereocenters. The molecule has 3 amide bonds. The van der Waals surface area contributed by atoms with Gasteiger partial charge in [0.05, 0.1) is 0 Å². The molecule has 1 aliphatic heterocycles. The van der Waals surface area contributed by atoms with Crippen molar-refractivity contribution in [3.8, 4) is 0 Å². The van der Waals surface area contributed by atoms with E-state index in [9.17, 15) is 9.59 Å². The third-order valence-corrected chi connectivity index (χ3v) is 2.00. The van der Waals surface area contributed by atoms with E-state index in [4.69, 9.17) is 0 Å². The third-order valence-electron chi connectivity index (χ3n) is 2.00. The number of amides is 3. The van der Waals surface area contributed by atoms with Gasteiger partial charge in [0.25, 0.3) is 0 Å². The van der Waals surface area contributed by atoms with E-state index in [-0.39, 0.29) is 23.9 Å². The maximum atomic E-state index is 11.1. The Bertz CT molecular complexity index is 230. The zero-order valence-electron chi connectivity index (χ0n) is 8.39. The average molecular weight is 184 g/mol. The van der Waals surface area contributed by atoms with E-state index in [2.05, 4.69) is 26.1 Å². The van der Waals surface area contributed by atoms with Crippen molar-refractivity contribution in [3.63, 3.8) is 0 Å². The van der Waals surface area contributed by atoms with Crippen LogP contribution < -0.4 is 5.32 Å². The van der Waals surface area contributed by atoms with E-state index in [0.29, 0.717) is 6.54 Å². The lowest BCUT2D eigenvalue weighted by Gasteiger charge is -2.21. The maximum Gasteiger partial charge on any atom is 0.324 e. The van der Waals surface area contributed by atoms with Gasteiger partial charge in [0.2, 0.25) is 5.91 Å². The van der Waals surface area contributed by atoms with Gasteiger partial charge >= 0.3 is 6.03 Å². The first-order valence-corrected chi connectivity index (χ1v) is 4.47. The highest BCUT2D eigenvalue weighted by Gasteiger charge is 2.27. The molecule has 1 N–H and O–H groups in total. The van der Waals surface area contributed by atoms with Gasteiger partial charge in [-0.2, -0.15) is 0 Å². The van der Waals surface area contributed by atoms with Gasteiger partial charge < -0.3 is 4.90 Å². The molecule has 1 rings (SSSR count). The summed E-state index contributed by atoms with van der Waals surface area (Å²) in [6.07, 6.45) is 0.910. The zero-order valence-corrected chi connectivity index (χ0v) is 8.39. The topological polar surface area (TPSA) is 49.4 Å². The molecule has 0 aromatic heterocycles. The molecule has 1 saturated heterocycles. The smallest absolute Gasteiger partial charge is 0.315 e. The van der Waals surface area contributed by atoms with Crippen LogP contribution in [0, 0.1) is 5.41 Å². The molecule has 0 aromatic carbocycles. The summed E-state index contributed by atoms with van der Waals surface area (Å²) in [6, 6.07) is -0.255. The van der Waals surface area contributed by atoms with E-state index in [0.717, 1.165) is 6.42 Å². The largest absolute Gasteiger partial charge is 0.324 e. The van der Waals surface area contributed by atoms with Crippen LogP contribution in [-0.4, -0.2) is 29.9 Å². The highest BCUT2D eigenvalue weighted by atomic mass is 16.2. The predicted molar refractivity (Wildman–Crippen MR) is 49.2 cm³/mol. The molecule has 13 heavy (non-hydrogen) atoms. The van der Waals surface area contributed by atoms with Crippen LogP contribution in [0.4, 0.5) is 4.79 Å². The van der Waals surface area contributed by atoms with Gasteiger partial charge in [0, 0.05) is 6.54 Å². The Morgan fingerprint density at radius 2 is 2.00 bits per heavy atom. The molecule has 74 valence electrons. The average Bonchev–Trinajstić information content (AvgIpc) is 2.24. The van der Waals surface area contributed by atoms with Crippen LogP contribution in [0.5, 0.6) is 0 Å². The van der Waals surface area contributed by atoms with Gasteiger partial charge in [0.1, 0.15) is 6.54 Å². The number of imide groups is 1. The van der Waals surface area contributed by atoms with Crippen LogP contribution in [-0.2, 0) is 4.79 Å². The van der Waals surface area contributed by atoms with Crippen LogP contribution in [0.3, 0.4) is 0 Å². The van der Waals surface area contributed by atoms with Crippen LogP contribution in [0.1, 0.15) is 27.2 Å². The Labute approximate surface area is 78.3 Å². The number of urea groups is 1. The highest BCUT2D eigenvalue weighted by Crippen LogP contribution is 2.19. The summed E-state index contributed by atoms with van der Waals surface area (Å²) in [4.78, 5) is 23.5. The van der Waals surface area contributed by atoms with Crippen LogP contribution in [0.15, 0.2) is 0 Å². The molecule has 0 aromatic rings. The lowest BCUT2D eigenvalue weighted by atomic mass is 9.92. The Morgan fingerprint density at radius 3 is 2.38 bits per heavy atom. The fourth-order valence-electron chi connectivity index (χ4n) is 1.13. The van der Waals surface area contributed by atoms with E-state index in [1.165, 1.54) is 0 Å². The second-order valence-electron chi connectivity index (χ2n) is 4.59. The van der Waals surface area contributed by atoms with Crippen molar-refractivity contribution in [1.29, 1.82) is 0 Å². The Kier molecular flexibility index (Phi) is 2.59. The highest BCUT2D eigenvalue weighted by molar-refractivity contribution is 6.01. The number of hydrogen-bond acceptors (Lipinski definition) is 2. The van der Waals surface area contributed by atoms with Crippen molar-refractivity contribution in [2.24, 2.45) is 5.41 Å². The van der Waals surface area contributed by atoms with Crippen LogP contribution >= 0.6 is 0 Å². The van der Waals surface area contributed by atoms with Crippen LogP contribution in [0.2, 0.25) is 0 Å². The van der Waals surface area contributed by atoms with Crippen molar-refractivity contribution in [1.82, 2.24) is 10.2 Å². The summed E-state index contributed by atoms with van der Waals surface area (Å²) in [5.74, 6) is -0.195. The minimum absolute atomic E-state index is 0.195. The molecule has 0 radical (unpaired) electrons. The molecule has 0 bridgehead atoms. The van der Waals surface area contributed by atoms with E-state index < -0.39 is 0 Å². The van der Waals surface area contributed by atoms with Gasteiger partial charge in [-0.05, 0) is 11.8 Å². The molecule has 1 fully saturated rings. The fourth-order valence-corrected chi connectivity index (χ4v) is 1.13. The molecule has 0 aliphatic carbocycles. The summed E-state index contributed by atoms with van der Waals surface area (Å²) < 4.78 is 0. The fraction of sp³-hybridized carbons (Fsp3) is 0.778. The summed E-state index contributed by atoms with van der Waals surface area (Å²) >= 11 is 0. The minimum Gasteiger partial charge on any atom is -0.315 e. The van der Waals surface area contributed by atoms with Gasteiger partial charge in [-0.25, -0.2) is 4.79 Å². The normalized spacial score (nSPS) is 17.9. The lowest BCUT2D eigenvalue weighted by molar-refractivity contribution is -0.118. The standard InChI is InChI=1S/C9H16N2O2/c1-9(2,3)4-5-11-6-7(12)10-8(11)13/h4-6H2,1-3H3,(H,10,12,13). The molecule has 0 spiro atoms. The zero-order chi connectivity index (χ0) is 10.1. The first kappa shape index (κ1) is 10.0. The second-order valence-corrected chi connectivity index (χ2v) is 4.59. The molecule has 4 heteroatoms. The Morgan fingerprint density at radius 1 is 1.38 bits per heavy atom. The van der Waals surface area contributed by atoms with Crippen molar-refractivity contribution in [2.75, 3.05) is 13.1 Å². The summed E-state index contributed by atoms with van der Waals surface area (Å²) in [5.41, 5.74) is 0.200. The molecule has 0 saturated carbocycles. The van der Waals surface area contributed by atoms with Crippen molar-refractivity contribution < 1.29 is 9.59 Å². The summed E-state index contributed by atoms with van der Waals surface area (Å²) in [7, 11) is 0. The Hall–Kier alpha value is -1.06. The van der Waals surface area contributed by atoms with Crippen molar-refractivity contribution >= 4 is 11.9 Å². The SMILES string of the molecule is CC(C)(C)CCN1CC(=O)NC1=O. The first-order valence-electron chi connectivity index (χ1n) is 4.47. The first-order chi connectivity index (χ1) is 5.88. The number of rotatable bonds is 2. The number of nitrogens with zero attached hydrogens (tertiary/aromatic N) is 1. The van der Waals surface area contributed by atoms with E-state index >= 15 is 0 Å². The lowest BCUT2D eigenvalue weighted by Crippen LogP contribution is -2.31. The van der Waals surface area contributed by atoms with Gasteiger partial charge in [-0.1, -0.05) is 20.8 Å². The number of carbonyl (C=O) groups is 2. The third kappa shape index (κ3) is 3.05. The van der Waals surface area contributed by atoms with E-state index in [1.807, 2.05) is 0 Å². The predicted octanol–water partition coefficient (Wildman–Crippen LogP) is 0.974. The molecular weight excluding hydrogens is 168 g/mol. The summed E-state index contributed by atoms with van der Waals surface area (Å²) in [5, 5.41) is 2.25. The summed E-state index contributed by atoms with van der Waals surface area (Å²) in [6.45, 7) is 7.21. The quantitative estimate of drug-likeness (QED) is 0.650. The number of nitrogens with one attached hydrogen (secondary N) is 1. The Balaban J connectivity index is 2.38.